The summed E-state index contributed by atoms with van der Waals surface area (Å²) in [5.74, 6) is -0.0535. The minimum Gasteiger partial charge on any atom is -0.273 e. The maximum absolute atomic E-state index is 11.7. The van der Waals surface area contributed by atoms with Gasteiger partial charge in [-0.2, -0.15) is 0 Å². The van der Waals surface area contributed by atoms with E-state index in [2.05, 4.69) is 10.9 Å². The van der Waals surface area contributed by atoms with Gasteiger partial charge >= 0.3 is 0 Å². The summed E-state index contributed by atoms with van der Waals surface area (Å²) in [6, 6.07) is 7.32. The number of thioether (sulfide) groups is 1. The van der Waals surface area contributed by atoms with Gasteiger partial charge in [0.2, 0.25) is 11.8 Å². The fraction of sp³-hybridized carbons (Fsp3) is 0.467. The predicted molar refractivity (Wildman–Crippen MR) is 94.5 cm³/mol. The van der Waals surface area contributed by atoms with Crippen molar-refractivity contribution in [3.8, 4) is 0 Å². The molecule has 1 aromatic carbocycles. The Kier molecular flexibility index (Phi) is 6.94. The molecular formula is C15H19ClN2O4S2. The van der Waals surface area contributed by atoms with Crippen LogP contribution in [0.5, 0.6) is 0 Å². The summed E-state index contributed by atoms with van der Waals surface area (Å²) in [7, 11) is -2.99. The maximum Gasteiger partial charge on any atom is 0.239 e. The van der Waals surface area contributed by atoms with Crippen LogP contribution in [-0.4, -0.2) is 37.5 Å². The molecule has 0 aliphatic carbocycles. The molecule has 132 valence electrons. The molecule has 1 unspecified atom stereocenters. The summed E-state index contributed by atoms with van der Waals surface area (Å²) in [6.07, 6.45) is 0.867. The molecule has 1 aliphatic rings. The average molecular weight is 391 g/mol. The Balaban J connectivity index is 1.60. The molecular weight excluding hydrogens is 372 g/mol. The van der Waals surface area contributed by atoms with Crippen LogP contribution >= 0.6 is 23.4 Å². The van der Waals surface area contributed by atoms with Crippen LogP contribution in [0.1, 0.15) is 19.3 Å². The number of benzene rings is 1. The van der Waals surface area contributed by atoms with Gasteiger partial charge in [-0.25, -0.2) is 8.42 Å². The van der Waals surface area contributed by atoms with Gasteiger partial charge in [0.05, 0.1) is 11.5 Å². The van der Waals surface area contributed by atoms with Crippen LogP contribution in [-0.2, 0) is 19.4 Å². The standard InChI is InChI=1S/C15H19ClN2O4S2/c16-12-1-3-13(4-2-12)23-7-5-14(19)17-18-15(20)9-11-6-8-24(21,22)10-11/h1-4,11H,5-10H2,(H,17,19)(H,18,20). The predicted octanol–water partition coefficient (Wildman–Crippen LogP) is 1.79. The van der Waals surface area contributed by atoms with Gasteiger partial charge in [-0.15, -0.1) is 11.8 Å². The quantitative estimate of drug-likeness (QED) is 0.570. The highest BCUT2D eigenvalue weighted by Gasteiger charge is 2.29. The number of amides is 2. The third-order valence-corrected chi connectivity index (χ3v) is 6.66. The van der Waals surface area contributed by atoms with Crippen molar-refractivity contribution < 1.29 is 18.0 Å². The molecule has 0 saturated carbocycles. The first-order chi connectivity index (χ1) is 11.3. The highest BCUT2D eigenvalue weighted by Crippen LogP contribution is 2.22. The molecule has 6 nitrogen and oxygen atoms in total. The first kappa shape index (κ1) is 19.1. The lowest BCUT2D eigenvalue weighted by Crippen LogP contribution is -2.42. The highest BCUT2D eigenvalue weighted by atomic mass is 35.5. The van der Waals surface area contributed by atoms with Gasteiger partial charge in [-0.1, -0.05) is 11.6 Å². The second kappa shape index (κ2) is 8.73. The molecule has 0 radical (unpaired) electrons. The molecule has 1 aliphatic heterocycles. The number of hydrazine groups is 1. The van der Waals surface area contributed by atoms with E-state index in [1.165, 1.54) is 11.8 Å². The number of hydrogen-bond acceptors (Lipinski definition) is 5. The number of hydrogen-bond donors (Lipinski definition) is 2. The third-order valence-electron chi connectivity index (χ3n) is 3.55. The Morgan fingerprint density at radius 2 is 1.83 bits per heavy atom. The Hall–Kier alpha value is -1.25. The molecule has 1 aromatic rings. The summed E-state index contributed by atoms with van der Waals surface area (Å²) in [5, 5.41) is 0.662. The summed E-state index contributed by atoms with van der Waals surface area (Å²) in [6.45, 7) is 0. The van der Waals surface area contributed by atoms with Crippen molar-refractivity contribution in [1.29, 1.82) is 0 Å². The Morgan fingerprint density at radius 1 is 1.17 bits per heavy atom. The van der Waals surface area contributed by atoms with E-state index in [9.17, 15) is 18.0 Å². The second-order valence-corrected chi connectivity index (χ2v) is 9.46. The maximum atomic E-state index is 11.7. The lowest BCUT2D eigenvalue weighted by molar-refractivity contribution is -0.129. The van der Waals surface area contributed by atoms with Crippen molar-refractivity contribution in [1.82, 2.24) is 10.9 Å². The van der Waals surface area contributed by atoms with Crippen molar-refractivity contribution in [3.63, 3.8) is 0 Å². The highest BCUT2D eigenvalue weighted by molar-refractivity contribution is 7.99. The Bertz CT molecular complexity index is 692. The number of sulfone groups is 1. The van der Waals surface area contributed by atoms with Crippen LogP contribution < -0.4 is 10.9 Å². The van der Waals surface area contributed by atoms with E-state index >= 15 is 0 Å². The lowest BCUT2D eigenvalue weighted by atomic mass is 10.1. The zero-order chi connectivity index (χ0) is 17.6. The molecule has 9 heteroatoms. The number of carbonyl (C=O) groups excluding carboxylic acids is 2. The van der Waals surface area contributed by atoms with Crippen molar-refractivity contribution >= 4 is 45.0 Å². The van der Waals surface area contributed by atoms with Gasteiger partial charge in [-0.3, -0.25) is 20.4 Å². The fourth-order valence-corrected chi connectivity index (χ4v) is 5.18. The number of halogens is 1. The zero-order valence-electron chi connectivity index (χ0n) is 13.0. The summed E-state index contributed by atoms with van der Waals surface area (Å²) in [5.41, 5.74) is 4.68. The van der Waals surface area contributed by atoms with Crippen LogP contribution in [0, 0.1) is 5.92 Å². The van der Waals surface area contributed by atoms with Crippen LogP contribution in [0.3, 0.4) is 0 Å². The van der Waals surface area contributed by atoms with E-state index in [4.69, 9.17) is 11.6 Å². The molecule has 0 bridgehead atoms. The molecule has 1 fully saturated rings. The van der Waals surface area contributed by atoms with E-state index in [-0.39, 0.29) is 42.1 Å². The number of rotatable bonds is 6. The smallest absolute Gasteiger partial charge is 0.239 e. The summed E-state index contributed by atoms with van der Waals surface area (Å²) in [4.78, 5) is 24.4. The molecule has 1 atom stereocenters. The lowest BCUT2D eigenvalue weighted by Gasteiger charge is -2.10. The van der Waals surface area contributed by atoms with Crippen molar-refractivity contribution in [2.45, 2.75) is 24.2 Å². The summed E-state index contributed by atoms with van der Waals surface area (Å²) >= 11 is 7.32. The number of nitrogens with one attached hydrogen (secondary N) is 2. The minimum atomic E-state index is -2.99. The van der Waals surface area contributed by atoms with Gasteiger partial charge in [-0.05, 0) is 36.6 Å². The van der Waals surface area contributed by atoms with Gasteiger partial charge < -0.3 is 0 Å². The molecule has 24 heavy (non-hydrogen) atoms. The van der Waals surface area contributed by atoms with Gasteiger partial charge in [0.1, 0.15) is 0 Å². The summed E-state index contributed by atoms with van der Waals surface area (Å²) < 4.78 is 22.7. The number of carbonyl (C=O) groups is 2. The Morgan fingerprint density at radius 3 is 2.46 bits per heavy atom. The second-order valence-electron chi connectivity index (χ2n) is 5.62. The van der Waals surface area contributed by atoms with Crippen molar-refractivity contribution in [3.05, 3.63) is 29.3 Å². The van der Waals surface area contributed by atoms with E-state index in [0.29, 0.717) is 17.2 Å². The molecule has 2 rings (SSSR count). The molecule has 1 saturated heterocycles. The average Bonchev–Trinajstić information content (AvgIpc) is 2.86. The largest absolute Gasteiger partial charge is 0.273 e. The molecule has 1 heterocycles. The molecule has 0 aromatic heterocycles. The monoisotopic (exact) mass is 390 g/mol. The third kappa shape index (κ3) is 6.70. The van der Waals surface area contributed by atoms with E-state index in [0.717, 1.165) is 4.90 Å². The topological polar surface area (TPSA) is 92.3 Å². The zero-order valence-corrected chi connectivity index (χ0v) is 15.3. The van der Waals surface area contributed by atoms with Gasteiger partial charge in [0, 0.05) is 28.5 Å². The SMILES string of the molecule is O=C(CCSc1ccc(Cl)cc1)NNC(=O)CC1CCS(=O)(=O)C1. The van der Waals surface area contributed by atoms with Crippen LogP contribution in [0.25, 0.3) is 0 Å². The van der Waals surface area contributed by atoms with Crippen LogP contribution in [0.15, 0.2) is 29.2 Å². The van der Waals surface area contributed by atoms with Crippen molar-refractivity contribution in [2.75, 3.05) is 17.3 Å². The molecule has 0 spiro atoms. The van der Waals surface area contributed by atoms with E-state index in [1.54, 1.807) is 12.1 Å². The Labute approximate surface area is 150 Å². The van der Waals surface area contributed by atoms with Crippen LogP contribution in [0.2, 0.25) is 5.02 Å². The van der Waals surface area contributed by atoms with Gasteiger partial charge in [0.25, 0.3) is 0 Å². The molecule has 2 amide bonds. The first-order valence-electron chi connectivity index (χ1n) is 7.50. The van der Waals surface area contributed by atoms with Crippen LogP contribution in [0.4, 0.5) is 0 Å². The van der Waals surface area contributed by atoms with Crippen molar-refractivity contribution in [2.24, 2.45) is 5.92 Å². The normalized spacial score (nSPS) is 19.0. The van der Waals surface area contributed by atoms with E-state index < -0.39 is 9.84 Å². The van der Waals surface area contributed by atoms with E-state index in [1.807, 2.05) is 12.1 Å². The fourth-order valence-electron chi connectivity index (χ4n) is 2.34. The first-order valence-corrected chi connectivity index (χ1v) is 10.7. The minimum absolute atomic E-state index is 0.0477. The molecule has 2 N–H and O–H groups in total. The van der Waals surface area contributed by atoms with Gasteiger partial charge in [0.15, 0.2) is 9.84 Å².